The average molecular weight is 228 g/mol. The second-order valence-electron chi connectivity index (χ2n) is 3.99. The third-order valence-corrected chi connectivity index (χ3v) is 2.84. The molecule has 0 fully saturated rings. The van der Waals surface area contributed by atoms with Crippen LogP contribution < -0.4 is 0 Å². The quantitative estimate of drug-likeness (QED) is 0.752. The van der Waals surface area contributed by atoms with Gasteiger partial charge in [-0.3, -0.25) is 4.79 Å². The van der Waals surface area contributed by atoms with Crippen molar-refractivity contribution < 1.29 is 9.18 Å². The number of aryl methyl sites for hydroxylation is 1. The molecular formula is C13H9FN2O. The molecule has 1 aliphatic rings. The molecule has 1 aliphatic carbocycles. The monoisotopic (exact) mass is 228 g/mol. The van der Waals surface area contributed by atoms with Crippen LogP contribution in [0.3, 0.4) is 0 Å². The van der Waals surface area contributed by atoms with E-state index in [0.29, 0.717) is 29.8 Å². The molecule has 3 nitrogen and oxygen atoms in total. The van der Waals surface area contributed by atoms with Gasteiger partial charge in [0.15, 0.2) is 11.6 Å². The summed E-state index contributed by atoms with van der Waals surface area (Å²) in [5.41, 5.74) is 2.00. The molecule has 0 amide bonds. The van der Waals surface area contributed by atoms with E-state index in [0.717, 1.165) is 5.69 Å². The third kappa shape index (κ3) is 1.71. The second kappa shape index (κ2) is 3.73. The van der Waals surface area contributed by atoms with Crippen molar-refractivity contribution in [1.29, 1.82) is 0 Å². The fourth-order valence-corrected chi connectivity index (χ4v) is 1.97. The number of rotatable bonds is 1. The lowest BCUT2D eigenvalue weighted by Crippen LogP contribution is -1.98. The molecule has 0 radical (unpaired) electrons. The van der Waals surface area contributed by atoms with Gasteiger partial charge in [-0.1, -0.05) is 12.1 Å². The molecule has 17 heavy (non-hydrogen) atoms. The predicted octanol–water partition coefficient (Wildman–Crippen LogP) is 2.41. The summed E-state index contributed by atoms with van der Waals surface area (Å²) in [6, 6.07) is 6.13. The Hall–Kier alpha value is -2.10. The Morgan fingerprint density at radius 3 is 2.94 bits per heavy atom. The Morgan fingerprint density at radius 2 is 2.12 bits per heavy atom. The zero-order valence-corrected chi connectivity index (χ0v) is 8.98. The first-order valence-electron chi connectivity index (χ1n) is 5.39. The van der Waals surface area contributed by atoms with Crippen molar-refractivity contribution in [3.8, 4) is 11.4 Å². The molecule has 0 spiro atoms. The van der Waals surface area contributed by atoms with Crippen LogP contribution >= 0.6 is 0 Å². The highest BCUT2D eigenvalue weighted by Gasteiger charge is 2.21. The Morgan fingerprint density at radius 1 is 1.24 bits per heavy atom. The van der Waals surface area contributed by atoms with Crippen LogP contribution in [0.25, 0.3) is 11.4 Å². The number of benzene rings is 1. The number of halogens is 1. The number of hydrogen-bond donors (Lipinski definition) is 0. The summed E-state index contributed by atoms with van der Waals surface area (Å²) in [5, 5.41) is 0. The molecule has 0 saturated carbocycles. The molecule has 0 unspecified atom stereocenters. The van der Waals surface area contributed by atoms with Crippen molar-refractivity contribution in [2.75, 3.05) is 0 Å². The van der Waals surface area contributed by atoms with Gasteiger partial charge in [0, 0.05) is 18.2 Å². The number of carbonyl (C=O) groups is 1. The topological polar surface area (TPSA) is 42.9 Å². The maximum Gasteiger partial charge on any atom is 0.166 e. The molecule has 0 atom stereocenters. The molecular weight excluding hydrogens is 219 g/mol. The largest absolute Gasteiger partial charge is 0.294 e. The first kappa shape index (κ1) is 10.1. The van der Waals surface area contributed by atoms with Crippen molar-refractivity contribution in [2.24, 2.45) is 0 Å². The zero-order valence-electron chi connectivity index (χ0n) is 8.98. The lowest BCUT2D eigenvalue weighted by Gasteiger charge is -2.02. The third-order valence-electron chi connectivity index (χ3n) is 2.84. The van der Waals surface area contributed by atoms with E-state index in [1.165, 1.54) is 18.3 Å². The van der Waals surface area contributed by atoms with Gasteiger partial charge in [0.1, 0.15) is 5.82 Å². The van der Waals surface area contributed by atoms with E-state index in [2.05, 4.69) is 9.97 Å². The molecule has 0 bridgehead atoms. The minimum atomic E-state index is -0.317. The van der Waals surface area contributed by atoms with Crippen LogP contribution in [-0.4, -0.2) is 15.8 Å². The normalized spacial score (nSPS) is 13.8. The molecule has 0 aliphatic heterocycles. The fourth-order valence-electron chi connectivity index (χ4n) is 1.97. The number of Topliss-reactive ketones (excluding diaryl/α,β-unsaturated/α-hetero) is 1. The summed E-state index contributed by atoms with van der Waals surface area (Å²) in [5.74, 6) is 0.242. The highest BCUT2D eigenvalue weighted by Crippen LogP contribution is 2.23. The highest BCUT2D eigenvalue weighted by atomic mass is 19.1. The van der Waals surface area contributed by atoms with E-state index in [-0.39, 0.29) is 11.6 Å². The van der Waals surface area contributed by atoms with Gasteiger partial charge in [-0.05, 0) is 18.6 Å². The molecule has 84 valence electrons. The minimum absolute atomic E-state index is 0.0887. The highest BCUT2D eigenvalue weighted by molar-refractivity contribution is 5.99. The minimum Gasteiger partial charge on any atom is -0.294 e. The van der Waals surface area contributed by atoms with Gasteiger partial charge in [-0.2, -0.15) is 0 Å². The van der Waals surface area contributed by atoms with Crippen LogP contribution in [-0.2, 0) is 6.42 Å². The molecule has 4 heteroatoms. The summed E-state index contributed by atoms with van der Waals surface area (Å²) < 4.78 is 13.1. The summed E-state index contributed by atoms with van der Waals surface area (Å²) in [7, 11) is 0. The fraction of sp³-hybridized carbons (Fsp3) is 0.154. The molecule has 1 heterocycles. The number of nitrogens with zero attached hydrogens (tertiary/aromatic N) is 2. The number of hydrogen-bond acceptors (Lipinski definition) is 3. The van der Waals surface area contributed by atoms with Gasteiger partial charge in [0.25, 0.3) is 0 Å². The van der Waals surface area contributed by atoms with Crippen molar-refractivity contribution in [1.82, 2.24) is 9.97 Å². The number of fused-ring (bicyclic) bond motifs is 1. The van der Waals surface area contributed by atoms with Crippen molar-refractivity contribution >= 4 is 5.78 Å². The van der Waals surface area contributed by atoms with Gasteiger partial charge in [0.2, 0.25) is 0 Å². The smallest absolute Gasteiger partial charge is 0.166 e. The standard InChI is InChI=1S/C13H9FN2O/c14-9-3-1-2-8(6-9)13-15-7-10-11(16-13)4-5-12(10)17/h1-3,6-7H,4-5H2. The van der Waals surface area contributed by atoms with E-state index in [1.807, 2.05) is 0 Å². The molecule has 1 aromatic heterocycles. The average Bonchev–Trinajstić information content (AvgIpc) is 2.71. The zero-order chi connectivity index (χ0) is 11.8. The van der Waals surface area contributed by atoms with Gasteiger partial charge >= 0.3 is 0 Å². The Bertz CT molecular complexity index is 610. The van der Waals surface area contributed by atoms with E-state index < -0.39 is 0 Å². The lowest BCUT2D eigenvalue weighted by molar-refractivity contribution is 0.0994. The predicted molar refractivity (Wildman–Crippen MR) is 60.1 cm³/mol. The Balaban J connectivity index is 2.09. The van der Waals surface area contributed by atoms with E-state index in [4.69, 9.17) is 0 Å². The number of aromatic nitrogens is 2. The van der Waals surface area contributed by atoms with Crippen LogP contribution in [0.5, 0.6) is 0 Å². The van der Waals surface area contributed by atoms with Crippen LogP contribution in [0, 0.1) is 5.82 Å². The maximum absolute atomic E-state index is 13.1. The lowest BCUT2D eigenvalue weighted by atomic mass is 10.2. The molecule has 0 saturated heterocycles. The van der Waals surface area contributed by atoms with Gasteiger partial charge in [0.05, 0.1) is 11.3 Å². The first-order chi connectivity index (χ1) is 8.24. The first-order valence-corrected chi connectivity index (χ1v) is 5.39. The van der Waals surface area contributed by atoms with Crippen LogP contribution in [0.4, 0.5) is 4.39 Å². The SMILES string of the molecule is O=C1CCc2nc(-c3cccc(F)c3)ncc21. The van der Waals surface area contributed by atoms with E-state index in [1.54, 1.807) is 12.1 Å². The van der Waals surface area contributed by atoms with Gasteiger partial charge < -0.3 is 0 Å². The van der Waals surface area contributed by atoms with Crippen molar-refractivity contribution in [2.45, 2.75) is 12.8 Å². The van der Waals surface area contributed by atoms with Gasteiger partial charge in [-0.15, -0.1) is 0 Å². The summed E-state index contributed by atoms with van der Waals surface area (Å²) in [6.07, 6.45) is 2.69. The maximum atomic E-state index is 13.1. The molecule has 3 rings (SSSR count). The van der Waals surface area contributed by atoms with Crippen LogP contribution in [0.15, 0.2) is 30.5 Å². The molecule has 1 aromatic carbocycles. The summed E-state index contributed by atoms with van der Waals surface area (Å²) in [4.78, 5) is 19.9. The number of carbonyl (C=O) groups excluding carboxylic acids is 1. The van der Waals surface area contributed by atoms with Crippen molar-refractivity contribution in [3.05, 3.63) is 47.5 Å². The summed E-state index contributed by atoms with van der Waals surface area (Å²) >= 11 is 0. The number of ketones is 1. The molecule has 0 N–H and O–H groups in total. The Kier molecular flexibility index (Phi) is 2.21. The molecule has 2 aromatic rings. The van der Waals surface area contributed by atoms with E-state index in [9.17, 15) is 9.18 Å². The van der Waals surface area contributed by atoms with Gasteiger partial charge in [-0.25, -0.2) is 14.4 Å². The van der Waals surface area contributed by atoms with Crippen molar-refractivity contribution in [3.63, 3.8) is 0 Å². The Labute approximate surface area is 97.3 Å². The summed E-state index contributed by atoms with van der Waals surface area (Å²) in [6.45, 7) is 0. The second-order valence-corrected chi connectivity index (χ2v) is 3.99. The van der Waals surface area contributed by atoms with Crippen LogP contribution in [0.1, 0.15) is 22.5 Å². The van der Waals surface area contributed by atoms with E-state index >= 15 is 0 Å². The van der Waals surface area contributed by atoms with Crippen LogP contribution in [0.2, 0.25) is 0 Å².